The van der Waals surface area contributed by atoms with Gasteiger partial charge in [-0.05, 0) is 36.1 Å². The molecule has 0 saturated heterocycles. The fourth-order valence-electron chi connectivity index (χ4n) is 2.91. The highest BCUT2D eigenvalue weighted by Crippen LogP contribution is 2.36. The van der Waals surface area contributed by atoms with E-state index >= 15 is 0 Å². The number of fused-ring (bicyclic) bond motifs is 1. The van der Waals surface area contributed by atoms with Crippen LogP contribution in [0, 0.1) is 16.7 Å². The van der Waals surface area contributed by atoms with Crippen LogP contribution in [0.5, 0.6) is 0 Å². The van der Waals surface area contributed by atoms with Gasteiger partial charge in [0.05, 0.1) is 10.9 Å². The lowest BCUT2D eigenvalue weighted by Crippen LogP contribution is -2.45. The van der Waals surface area contributed by atoms with Crippen molar-refractivity contribution in [1.82, 2.24) is 9.88 Å². The summed E-state index contributed by atoms with van der Waals surface area (Å²) in [6.07, 6.45) is 4.79. The monoisotopic (exact) mass is 339 g/mol. The van der Waals surface area contributed by atoms with Crippen molar-refractivity contribution in [1.29, 1.82) is 5.26 Å². The van der Waals surface area contributed by atoms with E-state index in [1.54, 1.807) is 12.4 Å². The molecule has 6 nitrogen and oxygen atoms in total. The van der Waals surface area contributed by atoms with Gasteiger partial charge in [0.15, 0.2) is 0 Å². The molecule has 2 aromatic rings. The van der Waals surface area contributed by atoms with Crippen molar-refractivity contribution >= 4 is 23.2 Å². The van der Waals surface area contributed by atoms with Crippen LogP contribution in [-0.4, -0.2) is 28.2 Å². The summed E-state index contributed by atoms with van der Waals surface area (Å²) in [6, 6.07) is 5.00. The SMILES string of the molecule is N#Cc1[c]sc2c1CCN(C(=O)CCc1ccncc1)C2C(N)=O. The summed E-state index contributed by atoms with van der Waals surface area (Å²) >= 11 is 1.20. The van der Waals surface area contributed by atoms with Gasteiger partial charge < -0.3 is 10.6 Å². The minimum Gasteiger partial charge on any atom is -0.368 e. The van der Waals surface area contributed by atoms with Gasteiger partial charge in [-0.2, -0.15) is 5.26 Å². The van der Waals surface area contributed by atoms with E-state index < -0.39 is 11.9 Å². The number of aryl methyl sites for hydroxylation is 1. The van der Waals surface area contributed by atoms with Crippen LogP contribution in [0.3, 0.4) is 0 Å². The maximum absolute atomic E-state index is 12.6. The maximum atomic E-state index is 12.6. The summed E-state index contributed by atoms with van der Waals surface area (Å²) in [5.41, 5.74) is 7.80. The van der Waals surface area contributed by atoms with Crippen molar-refractivity contribution < 1.29 is 9.59 Å². The molecule has 3 rings (SSSR count). The number of primary amides is 1. The summed E-state index contributed by atoms with van der Waals surface area (Å²) < 4.78 is 0. The standard InChI is InChI=1S/C17H15N4O2S/c18-9-12-10-24-16-13(12)5-8-21(15(16)17(19)23)14(22)2-1-11-3-6-20-7-4-11/h3-4,6-7,15H,1-2,5,8H2,(H2,19,23). The molecule has 7 heteroatoms. The lowest BCUT2D eigenvalue weighted by molar-refractivity contribution is -0.140. The molecule has 24 heavy (non-hydrogen) atoms. The first kappa shape index (κ1) is 16.1. The van der Waals surface area contributed by atoms with E-state index in [0.717, 1.165) is 11.1 Å². The smallest absolute Gasteiger partial charge is 0.245 e. The number of aromatic nitrogens is 1. The number of rotatable bonds is 4. The lowest BCUT2D eigenvalue weighted by Gasteiger charge is -2.33. The zero-order valence-corrected chi connectivity index (χ0v) is 13.7. The molecular weight excluding hydrogens is 324 g/mol. The van der Waals surface area contributed by atoms with Crippen LogP contribution in [0.25, 0.3) is 0 Å². The average Bonchev–Trinajstić information content (AvgIpc) is 3.02. The number of hydrogen-bond acceptors (Lipinski definition) is 5. The number of amides is 2. The molecule has 1 aliphatic heterocycles. The van der Waals surface area contributed by atoms with E-state index in [1.807, 2.05) is 12.1 Å². The minimum absolute atomic E-state index is 0.117. The lowest BCUT2D eigenvalue weighted by atomic mass is 9.97. The minimum atomic E-state index is -0.804. The van der Waals surface area contributed by atoms with Crippen LogP contribution >= 0.6 is 11.3 Å². The number of carbonyl (C=O) groups excluding carboxylic acids is 2. The number of pyridine rings is 1. The first-order valence-corrected chi connectivity index (χ1v) is 8.34. The molecule has 2 N–H and O–H groups in total. The third-order valence-corrected chi connectivity index (χ3v) is 5.10. The van der Waals surface area contributed by atoms with E-state index in [-0.39, 0.29) is 5.91 Å². The second-order valence-corrected chi connectivity index (χ2v) is 6.38. The molecule has 2 aromatic heterocycles. The number of nitrogens with two attached hydrogens (primary N) is 1. The van der Waals surface area contributed by atoms with Crippen molar-refractivity contribution in [2.24, 2.45) is 5.73 Å². The Morgan fingerprint density at radius 3 is 2.88 bits per heavy atom. The molecule has 1 unspecified atom stereocenters. The average molecular weight is 339 g/mol. The van der Waals surface area contributed by atoms with Gasteiger partial charge in [0.1, 0.15) is 12.1 Å². The number of nitriles is 1. The Labute approximate surface area is 143 Å². The Kier molecular flexibility index (Phi) is 4.58. The van der Waals surface area contributed by atoms with Crippen LogP contribution in [0.2, 0.25) is 0 Å². The Bertz CT molecular complexity index is 810. The predicted octanol–water partition coefficient (Wildman–Crippen LogP) is 1.36. The zero-order valence-electron chi connectivity index (χ0n) is 12.9. The van der Waals surface area contributed by atoms with E-state index in [9.17, 15) is 9.59 Å². The van der Waals surface area contributed by atoms with Gasteiger partial charge in [0, 0.05) is 30.2 Å². The van der Waals surface area contributed by atoms with Gasteiger partial charge in [0.25, 0.3) is 0 Å². The highest BCUT2D eigenvalue weighted by Gasteiger charge is 2.36. The summed E-state index contributed by atoms with van der Waals surface area (Å²) in [5.74, 6) is -0.693. The summed E-state index contributed by atoms with van der Waals surface area (Å²) in [5, 5.41) is 12.0. The van der Waals surface area contributed by atoms with Crippen molar-refractivity contribution in [2.75, 3.05) is 6.54 Å². The van der Waals surface area contributed by atoms with Crippen molar-refractivity contribution in [3.8, 4) is 6.07 Å². The third-order valence-electron chi connectivity index (χ3n) is 4.10. The molecule has 0 spiro atoms. The third kappa shape index (κ3) is 3.01. The Hall–Kier alpha value is -2.72. The highest BCUT2D eigenvalue weighted by atomic mass is 32.1. The van der Waals surface area contributed by atoms with Crippen molar-refractivity contribution in [3.05, 3.63) is 51.5 Å². The Morgan fingerprint density at radius 2 is 2.21 bits per heavy atom. The molecule has 1 radical (unpaired) electrons. The molecule has 0 aromatic carbocycles. The van der Waals surface area contributed by atoms with Crippen LogP contribution in [0.15, 0.2) is 24.5 Å². The first-order chi connectivity index (χ1) is 11.6. The molecule has 0 aliphatic carbocycles. The molecule has 0 saturated carbocycles. The van der Waals surface area contributed by atoms with E-state index in [1.165, 1.54) is 16.2 Å². The zero-order chi connectivity index (χ0) is 17.1. The first-order valence-electron chi connectivity index (χ1n) is 7.53. The summed E-state index contributed by atoms with van der Waals surface area (Å²) in [4.78, 5) is 30.7. The van der Waals surface area contributed by atoms with Crippen LogP contribution in [-0.2, 0) is 22.4 Å². The molecule has 2 amide bonds. The maximum Gasteiger partial charge on any atom is 0.245 e. The second-order valence-electron chi connectivity index (χ2n) is 5.53. The number of thiophene rings is 1. The number of carbonyl (C=O) groups is 2. The van der Waals surface area contributed by atoms with E-state index in [2.05, 4.69) is 16.4 Å². The molecule has 3 heterocycles. The van der Waals surface area contributed by atoms with Gasteiger partial charge >= 0.3 is 0 Å². The Balaban J connectivity index is 1.78. The number of nitrogens with zero attached hydrogens (tertiary/aromatic N) is 3. The van der Waals surface area contributed by atoms with Crippen molar-refractivity contribution in [3.63, 3.8) is 0 Å². The Morgan fingerprint density at radius 1 is 1.46 bits per heavy atom. The van der Waals surface area contributed by atoms with Gasteiger partial charge in [-0.15, -0.1) is 11.3 Å². The fraction of sp³-hybridized carbons (Fsp3) is 0.294. The quantitative estimate of drug-likeness (QED) is 0.909. The largest absolute Gasteiger partial charge is 0.368 e. The molecule has 121 valence electrons. The normalized spacial score (nSPS) is 16.3. The molecule has 1 aliphatic rings. The van der Waals surface area contributed by atoms with Gasteiger partial charge in [-0.25, -0.2) is 0 Å². The number of hydrogen-bond donors (Lipinski definition) is 1. The topological polar surface area (TPSA) is 100 Å². The summed E-state index contributed by atoms with van der Waals surface area (Å²) in [6.45, 7) is 0.384. The van der Waals surface area contributed by atoms with Crippen molar-refractivity contribution in [2.45, 2.75) is 25.3 Å². The van der Waals surface area contributed by atoms with Crippen LogP contribution in [0.4, 0.5) is 0 Å². The van der Waals surface area contributed by atoms with E-state index in [0.29, 0.717) is 36.2 Å². The van der Waals surface area contributed by atoms with Crippen LogP contribution < -0.4 is 5.73 Å². The van der Waals surface area contributed by atoms with Gasteiger partial charge in [-0.1, -0.05) is 0 Å². The second kappa shape index (κ2) is 6.81. The van der Waals surface area contributed by atoms with E-state index in [4.69, 9.17) is 11.0 Å². The predicted molar refractivity (Wildman–Crippen MR) is 87.8 cm³/mol. The molecule has 0 fully saturated rings. The molecule has 0 bridgehead atoms. The molecule has 1 atom stereocenters. The molecular formula is C17H15N4O2S. The highest BCUT2D eigenvalue weighted by molar-refractivity contribution is 7.10. The van der Waals surface area contributed by atoms with Gasteiger partial charge in [-0.3, -0.25) is 14.6 Å². The summed E-state index contributed by atoms with van der Waals surface area (Å²) in [7, 11) is 0. The fourth-order valence-corrected chi connectivity index (χ4v) is 3.97. The van der Waals surface area contributed by atoms with Gasteiger partial charge in [0.2, 0.25) is 11.8 Å². The van der Waals surface area contributed by atoms with Crippen LogP contribution in [0.1, 0.15) is 34.0 Å².